The van der Waals surface area contributed by atoms with Crippen LogP contribution in [0.4, 0.5) is 0 Å². The Morgan fingerprint density at radius 3 is 2.23 bits per heavy atom. The van der Waals surface area contributed by atoms with Gasteiger partial charge in [-0.15, -0.1) is 0 Å². The molecule has 0 amide bonds. The molecule has 0 spiro atoms. The van der Waals surface area contributed by atoms with Gasteiger partial charge < -0.3 is 10.0 Å². The van der Waals surface area contributed by atoms with Crippen molar-refractivity contribution in [2.24, 2.45) is 0 Å². The SMILES string of the molecule is CC(=CCC(C)(C)N(C)C)C(=O)O. The zero-order valence-electron chi connectivity index (χ0n) is 9.09. The molecule has 76 valence electrons. The molecule has 0 atom stereocenters. The van der Waals surface area contributed by atoms with Gasteiger partial charge in [0.25, 0.3) is 0 Å². The Balaban J connectivity index is 4.31. The van der Waals surface area contributed by atoms with E-state index in [1.807, 2.05) is 14.1 Å². The number of rotatable bonds is 4. The highest BCUT2D eigenvalue weighted by Crippen LogP contribution is 2.16. The fourth-order valence-electron chi connectivity index (χ4n) is 0.673. The maximum Gasteiger partial charge on any atom is 0.330 e. The summed E-state index contributed by atoms with van der Waals surface area (Å²) in [6, 6.07) is 0. The second kappa shape index (κ2) is 4.42. The van der Waals surface area contributed by atoms with Crippen molar-refractivity contribution in [3.63, 3.8) is 0 Å². The third-order valence-corrected chi connectivity index (χ3v) is 2.46. The number of nitrogens with zero attached hydrogens (tertiary/aromatic N) is 1. The molecule has 0 aliphatic rings. The standard InChI is InChI=1S/C10H19NO2/c1-8(9(12)13)6-7-10(2,3)11(4)5/h6H,7H2,1-5H3,(H,12,13). The topological polar surface area (TPSA) is 40.5 Å². The summed E-state index contributed by atoms with van der Waals surface area (Å²) in [5, 5.41) is 8.64. The van der Waals surface area contributed by atoms with Crippen molar-refractivity contribution < 1.29 is 9.90 Å². The minimum absolute atomic E-state index is 0.0106. The summed E-state index contributed by atoms with van der Waals surface area (Å²) in [6.07, 6.45) is 2.51. The van der Waals surface area contributed by atoms with Crippen LogP contribution in [0.15, 0.2) is 11.6 Å². The monoisotopic (exact) mass is 185 g/mol. The van der Waals surface area contributed by atoms with E-state index in [4.69, 9.17) is 5.11 Å². The van der Waals surface area contributed by atoms with Gasteiger partial charge in [-0.3, -0.25) is 0 Å². The first-order chi connectivity index (χ1) is 5.77. The summed E-state index contributed by atoms with van der Waals surface area (Å²) < 4.78 is 0. The Hall–Kier alpha value is -0.830. The first-order valence-electron chi connectivity index (χ1n) is 4.35. The highest BCUT2D eigenvalue weighted by molar-refractivity contribution is 5.85. The lowest BCUT2D eigenvalue weighted by atomic mass is 9.98. The van der Waals surface area contributed by atoms with Crippen LogP contribution in [0.1, 0.15) is 27.2 Å². The van der Waals surface area contributed by atoms with Gasteiger partial charge in [0.15, 0.2) is 0 Å². The minimum Gasteiger partial charge on any atom is -0.478 e. The Labute approximate surface area is 80.0 Å². The van der Waals surface area contributed by atoms with E-state index in [0.717, 1.165) is 6.42 Å². The minimum atomic E-state index is -0.838. The molecule has 0 aliphatic carbocycles. The van der Waals surface area contributed by atoms with Crippen LogP contribution >= 0.6 is 0 Å². The van der Waals surface area contributed by atoms with Crippen LogP contribution in [0.3, 0.4) is 0 Å². The van der Waals surface area contributed by atoms with Crippen molar-refractivity contribution in [1.29, 1.82) is 0 Å². The normalized spacial score (nSPS) is 13.5. The summed E-state index contributed by atoms with van der Waals surface area (Å²) in [5.41, 5.74) is 0.423. The molecule has 0 radical (unpaired) electrons. The Morgan fingerprint density at radius 2 is 1.92 bits per heavy atom. The van der Waals surface area contributed by atoms with Crippen molar-refractivity contribution in [1.82, 2.24) is 4.90 Å². The van der Waals surface area contributed by atoms with E-state index in [-0.39, 0.29) is 5.54 Å². The predicted octanol–water partition coefficient (Wildman–Crippen LogP) is 1.75. The van der Waals surface area contributed by atoms with Gasteiger partial charge in [0.1, 0.15) is 0 Å². The van der Waals surface area contributed by atoms with Crippen molar-refractivity contribution >= 4 is 5.97 Å². The number of hydrogen-bond donors (Lipinski definition) is 1. The van der Waals surface area contributed by atoms with Crippen LogP contribution in [0, 0.1) is 0 Å². The van der Waals surface area contributed by atoms with Gasteiger partial charge in [-0.05, 0) is 41.3 Å². The number of hydrogen-bond acceptors (Lipinski definition) is 2. The van der Waals surface area contributed by atoms with Gasteiger partial charge >= 0.3 is 5.97 Å². The van der Waals surface area contributed by atoms with Gasteiger partial charge in [-0.25, -0.2) is 4.79 Å². The van der Waals surface area contributed by atoms with E-state index in [2.05, 4.69) is 18.7 Å². The molecular formula is C10H19NO2. The maximum atomic E-state index is 10.5. The lowest BCUT2D eigenvalue weighted by Gasteiger charge is -2.31. The van der Waals surface area contributed by atoms with Crippen molar-refractivity contribution in [3.05, 3.63) is 11.6 Å². The van der Waals surface area contributed by atoms with Crippen LogP contribution in [0.25, 0.3) is 0 Å². The quantitative estimate of drug-likeness (QED) is 0.678. The van der Waals surface area contributed by atoms with Gasteiger partial charge in [0.2, 0.25) is 0 Å². The van der Waals surface area contributed by atoms with E-state index < -0.39 is 5.97 Å². The van der Waals surface area contributed by atoms with Crippen LogP contribution in [-0.2, 0) is 4.79 Å². The molecule has 0 heterocycles. The van der Waals surface area contributed by atoms with Crippen LogP contribution in [0.5, 0.6) is 0 Å². The zero-order valence-corrected chi connectivity index (χ0v) is 9.09. The number of carbonyl (C=O) groups is 1. The molecule has 1 N–H and O–H groups in total. The summed E-state index contributed by atoms with van der Waals surface area (Å²) in [7, 11) is 3.98. The maximum absolute atomic E-state index is 10.5. The Bertz CT molecular complexity index is 217. The van der Waals surface area contributed by atoms with E-state index in [9.17, 15) is 4.79 Å². The first kappa shape index (κ1) is 12.2. The molecule has 0 aromatic carbocycles. The summed E-state index contributed by atoms with van der Waals surface area (Å²) in [4.78, 5) is 12.6. The van der Waals surface area contributed by atoms with Crippen molar-refractivity contribution in [3.8, 4) is 0 Å². The third-order valence-electron chi connectivity index (χ3n) is 2.46. The van der Waals surface area contributed by atoms with E-state index in [0.29, 0.717) is 5.57 Å². The predicted molar refractivity (Wildman–Crippen MR) is 53.8 cm³/mol. The molecule has 0 saturated carbocycles. The summed E-state index contributed by atoms with van der Waals surface area (Å²) in [5.74, 6) is -0.838. The van der Waals surface area contributed by atoms with Crippen LogP contribution in [-0.4, -0.2) is 35.6 Å². The van der Waals surface area contributed by atoms with Crippen molar-refractivity contribution in [2.75, 3.05) is 14.1 Å². The highest BCUT2D eigenvalue weighted by Gasteiger charge is 2.18. The second-order valence-corrected chi connectivity index (χ2v) is 4.10. The van der Waals surface area contributed by atoms with E-state index in [1.165, 1.54) is 0 Å². The number of carboxylic acid groups (broad SMARTS) is 1. The summed E-state index contributed by atoms with van der Waals surface area (Å²) in [6.45, 7) is 5.78. The molecule has 3 nitrogen and oxygen atoms in total. The van der Waals surface area contributed by atoms with Gasteiger partial charge in [-0.1, -0.05) is 6.08 Å². The number of aliphatic carboxylic acids is 1. The van der Waals surface area contributed by atoms with Crippen LogP contribution in [0.2, 0.25) is 0 Å². The number of carboxylic acids is 1. The average molecular weight is 185 g/mol. The molecule has 0 rings (SSSR count). The average Bonchev–Trinajstić information content (AvgIpc) is 1.99. The molecule has 3 heteroatoms. The van der Waals surface area contributed by atoms with Gasteiger partial charge in [0.05, 0.1) is 0 Å². The Kier molecular flexibility index (Phi) is 4.14. The molecule has 0 saturated heterocycles. The zero-order chi connectivity index (χ0) is 10.6. The molecule has 0 aliphatic heterocycles. The van der Waals surface area contributed by atoms with E-state index >= 15 is 0 Å². The third kappa shape index (κ3) is 4.08. The molecule has 0 fully saturated rings. The molecular weight excluding hydrogens is 166 g/mol. The highest BCUT2D eigenvalue weighted by atomic mass is 16.4. The molecule has 0 aromatic heterocycles. The lowest BCUT2D eigenvalue weighted by molar-refractivity contribution is -0.132. The lowest BCUT2D eigenvalue weighted by Crippen LogP contribution is -2.37. The second-order valence-electron chi connectivity index (χ2n) is 4.10. The fraction of sp³-hybridized carbons (Fsp3) is 0.700. The smallest absolute Gasteiger partial charge is 0.330 e. The largest absolute Gasteiger partial charge is 0.478 e. The molecule has 0 unspecified atom stereocenters. The Morgan fingerprint density at radius 1 is 1.46 bits per heavy atom. The molecule has 0 bridgehead atoms. The molecule has 0 aromatic rings. The summed E-state index contributed by atoms with van der Waals surface area (Å²) >= 11 is 0. The fourth-order valence-corrected chi connectivity index (χ4v) is 0.673. The van der Waals surface area contributed by atoms with Crippen molar-refractivity contribution in [2.45, 2.75) is 32.7 Å². The first-order valence-corrected chi connectivity index (χ1v) is 4.35. The molecule has 13 heavy (non-hydrogen) atoms. The van der Waals surface area contributed by atoms with E-state index in [1.54, 1.807) is 13.0 Å². The van der Waals surface area contributed by atoms with Crippen LogP contribution < -0.4 is 0 Å². The van der Waals surface area contributed by atoms with Gasteiger partial charge in [-0.2, -0.15) is 0 Å². The van der Waals surface area contributed by atoms with Gasteiger partial charge in [0, 0.05) is 11.1 Å².